The molecule has 0 fully saturated rings. The smallest absolute Gasteiger partial charge is 0.142 e. The van der Waals surface area contributed by atoms with Gasteiger partial charge in [0.05, 0.1) is 18.8 Å². The Balaban J connectivity index is 1.75. The Morgan fingerprint density at radius 3 is 2.88 bits per heavy atom. The molecule has 7 nitrogen and oxygen atoms in total. The zero-order chi connectivity index (χ0) is 23.7. The maximum atomic E-state index is 8.63. The second-order valence-electron chi connectivity index (χ2n) is 9.80. The fourth-order valence-electron chi connectivity index (χ4n) is 3.74. The summed E-state index contributed by atoms with van der Waals surface area (Å²) in [6.45, 7) is 13.1. The lowest BCUT2D eigenvalue weighted by Crippen LogP contribution is -2.31. The topological polar surface area (TPSA) is 80.2 Å². The van der Waals surface area contributed by atoms with Crippen molar-refractivity contribution < 1.29 is 4.74 Å². The highest BCUT2D eigenvalue weighted by Crippen LogP contribution is 2.22. The number of allylic oxidation sites excluding steroid dienone is 1. The zero-order valence-electron chi connectivity index (χ0n) is 20.6. The lowest BCUT2D eigenvalue weighted by Gasteiger charge is -2.15. The Bertz CT molecular complexity index is 1100. The molecule has 0 saturated carbocycles. The van der Waals surface area contributed by atoms with E-state index in [2.05, 4.69) is 66.1 Å². The molecule has 0 aromatic carbocycles. The molecule has 0 spiro atoms. The number of hydrogen-bond acceptors (Lipinski definition) is 5. The van der Waals surface area contributed by atoms with Gasteiger partial charge in [-0.05, 0) is 49.1 Å². The van der Waals surface area contributed by atoms with Crippen LogP contribution in [0.5, 0.6) is 0 Å². The molecule has 3 heterocycles. The molecular formula is C25H38N6OSi. The SMILES string of the molecule is CCC1=CN=c2c(ccn2COCC[Si](C)(C)C)=C(c2cnn(CCNCCCC#N)c2)C1. The normalized spacial score (nSPS) is 13.8. The molecule has 2 aromatic rings. The number of nitriles is 1. The number of hydrogen-bond donors (Lipinski definition) is 1. The fraction of sp³-hybridized carbons (Fsp3) is 0.560. The van der Waals surface area contributed by atoms with Crippen LogP contribution in [0.3, 0.4) is 0 Å². The second kappa shape index (κ2) is 12.1. The van der Waals surface area contributed by atoms with Gasteiger partial charge in [-0.2, -0.15) is 10.4 Å². The average molecular weight is 467 g/mol. The number of nitrogens with zero attached hydrogens (tertiary/aromatic N) is 5. The highest BCUT2D eigenvalue weighted by molar-refractivity contribution is 6.76. The van der Waals surface area contributed by atoms with Crippen molar-refractivity contribution in [3.63, 3.8) is 0 Å². The van der Waals surface area contributed by atoms with Crippen molar-refractivity contribution in [2.45, 2.75) is 71.6 Å². The van der Waals surface area contributed by atoms with Crippen molar-refractivity contribution in [2.24, 2.45) is 4.99 Å². The quantitative estimate of drug-likeness (QED) is 0.362. The summed E-state index contributed by atoms with van der Waals surface area (Å²) in [4.78, 5) is 4.84. The minimum absolute atomic E-state index is 0.530. The Morgan fingerprint density at radius 2 is 2.12 bits per heavy atom. The Labute approximate surface area is 198 Å². The van der Waals surface area contributed by atoms with Crippen LogP contribution in [0.15, 0.2) is 41.4 Å². The molecule has 0 unspecified atom stereocenters. The first-order valence-corrected chi connectivity index (χ1v) is 15.7. The summed E-state index contributed by atoms with van der Waals surface area (Å²) in [6.07, 6.45) is 11.6. The van der Waals surface area contributed by atoms with Crippen LogP contribution in [0.25, 0.3) is 5.57 Å². The molecule has 0 saturated heterocycles. The van der Waals surface area contributed by atoms with E-state index in [0.717, 1.165) is 67.8 Å². The van der Waals surface area contributed by atoms with Crippen molar-refractivity contribution in [1.82, 2.24) is 19.7 Å². The monoisotopic (exact) mass is 466 g/mol. The largest absolute Gasteiger partial charge is 0.361 e. The highest BCUT2D eigenvalue weighted by Gasteiger charge is 2.15. The molecule has 0 aliphatic carbocycles. The van der Waals surface area contributed by atoms with E-state index >= 15 is 0 Å². The van der Waals surface area contributed by atoms with E-state index < -0.39 is 8.07 Å². The Morgan fingerprint density at radius 1 is 1.27 bits per heavy atom. The maximum absolute atomic E-state index is 8.63. The van der Waals surface area contributed by atoms with Gasteiger partial charge in [-0.3, -0.25) is 4.68 Å². The van der Waals surface area contributed by atoms with E-state index in [1.165, 1.54) is 11.1 Å². The van der Waals surface area contributed by atoms with Crippen molar-refractivity contribution >= 4 is 13.6 Å². The van der Waals surface area contributed by atoms with Crippen LogP contribution in [0.2, 0.25) is 25.7 Å². The van der Waals surface area contributed by atoms with Gasteiger partial charge in [0.15, 0.2) is 0 Å². The number of aromatic nitrogens is 3. The molecule has 1 aliphatic rings. The van der Waals surface area contributed by atoms with E-state index in [9.17, 15) is 0 Å². The van der Waals surface area contributed by atoms with E-state index in [4.69, 9.17) is 15.0 Å². The van der Waals surface area contributed by atoms with Gasteiger partial charge in [-0.1, -0.05) is 26.6 Å². The molecule has 8 heteroatoms. The average Bonchev–Trinajstić information content (AvgIpc) is 3.36. The molecule has 0 amide bonds. The van der Waals surface area contributed by atoms with Crippen molar-refractivity contribution in [2.75, 3.05) is 19.7 Å². The zero-order valence-corrected chi connectivity index (χ0v) is 21.6. The van der Waals surface area contributed by atoms with Gasteiger partial charge >= 0.3 is 0 Å². The third kappa shape index (κ3) is 7.53. The van der Waals surface area contributed by atoms with E-state index in [1.54, 1.807) is 0 Å². The lowest BCUT2D eigenvalue weighted by molar-refractivity contribution is 0.0849. The summed E-state index contributed by atoms with van der Waals surface area (Å²) in [6, 6.07) is 5.51. The molecule has 178 valence electrons. The van der Waals surface area contributed by atoms with Gasteiger partial charge < -0.3 is 14.6 Å². The van der Waals surface area contributed by atoms with Crippen LogP contribution in [-0.2, 0) is 18.0 Å². The standard InChI is InChI=1S/C25H38N6OSi/c1-5-21-16-24(22-18-29-31(19-22)13-11-27-10-7-6-9-26)23-8-12-30(25(23)28-17-21)20-32-14-15-33(2,3)4/h8,12,17-19,27H,5-7,10-11,13-16,20H2,1-4H3. The van der Waals surface area contributed by atoms with Crippen LogP contribution in [0.4, 0.5) is 0 Å². The number of rotatable bonds is 13. The molecule has 33 heavy (non-hydrogen) atoms. The predicted octanol–water partition coefficient (Wildman–Crippen LogP) is 3.41. The van der Waals surface area contributed by atoms with E-state index in [0.29, 0.717) is 13.2 Å². The van der Waals surface area contributed by atoms with E-state index in [-0.39, 0.29) is 0 Å². The van der Waals surface area contributed by atoms with Crippen LogP contribution >= 0.6 is 0 Å². The summed E-state index contributed by atoms with van der Waals surface area (Å²) < 4.78 is 10.1. The van der Waals surface area contributed by atoms with Crippen LogP contribution in [-0.4, -0.2) is 42.1 Å². The number of nitrogens with one attached hydrogen (secondary N) is 1. The minimum atomic E-state index is -1.10. The first-order chi connectivity index (χ1) is 15.9. The predicted molar refractivity (Wildman–Crippen MR) is 135 cm³/mol. The third-order valence-electron chi connectivity index (χ3n) is 5.85. The van der Waals surface area contributed by atoms with Gasteiger partial charge in [0.1, 0.15) is 12.2 Å². The van der Waals surface area contributed by atoms with Crippen LogP contribution in [0.1, 0.15) is 38.2 Å². The van der Waals surface area contributed by atoms with Crippen LogP contribution < -0.4 is 16.0 Å². The van der Waals surface area contributed by atoms with Gasteiger partial charge in [0.25, 0.3) is 0 Å². The number of fused-ring (bicyclic) bond motifs is 1. The first kappa shape index (κ1) is 25.2. The Kier molecular flexibility index (Phi) is 9.24. The summed E-state index contributed by atoms with van der Waals surface area (Å²) in [5.74, 6) is 0. The van der Waals surface area contributed by atoms with Gasteiger partial charge in [0, 0.05) is 57.0 Å². The van der Waals surface area contributed by atoms with Gasteiger partial charge in [-0.25, -0.2) is 4.99 Å². The molecule has 1 N–H and O–H groups in total. The maximum Gasteiger partial charge on any atom is 0.142 e. The molecular weight excluding hydrogens is 428 g/mol. The molecule has 0 radical (unpaired) electrons. The van der Waals surface area contributed by atoms with Crippen molar-refractivity contribution in [3.8, 4) is 6.07 Å². The summed E-state index contributed by atoms with van der Waals surface area (Å²) in [7, 11) is -1.10. The molecule has 0 bridgehead atoms. The van der Waals surface area contributed by atoms with Gasteiger partial charge in [0.2, 0.25) is 0 Å². The highest BCUT2D eigenvalue weighted by atomic mass is 28.3. The minimum Gasteiger partial charge on any atom is -0.361 e. The summed E-state index contributed by atoms with van der Waals surface area (Å²) in [5, 5.41) is 17.8. The third-order valence-corrected chi connectivity index (χ3v) is 7.56. The first-order valence-electron chi connectivity index (χ1n) is 12.0. The summed E-state index contributed by atoms with van der Waals surface area (Å²) in [5.41, 5.74) is 4.70. The fourth-order valence-corrected chi connectivity index (χ4v) is 4.49. The van der Waals surface area contributed by atoms with Gasteiger partial charge in [-0.15, -0.1) is 0 Å². The summed E-state index contributed by atoms with van der Waals surface area (Å²) >= 11 is 0. The second-order valence-corrected chi connectivity index (χ2v) is 15.4. The molecule has 1 aliphatic heterocycles. The Hall–Kier alpha value is -2.47. The van der Waals surface area contributed by atoms with Crippen molar-refractivity contribution in [3.05, 3.63) is 52.7 Å². The molecule has 3 rings (SSSR count). The molecule has 0 atom stereocenters. The molecule has 2 aromatic heterocycles. The van der Waals surface area contributed by atoms with Crippen molar-refractivity contribution in [1.29, 1.82) is 5.26 Å². The van der Waals surface area contributed by atoms with Crippen LogP contribution in [0, 0.1) is 11.3 Å². The number of unbranched alkanes of at least 4 members (excludes halogenated alkanes) is 1. The number of ether oxygens (including phenoxy) is 1. The lowest BCUT2D eigenvalue weighted by atomic mass is 9.99. The van der Waals surface area contributed by atoms with E-state index in [1.807, 2.05) is 17.1 Å².